The Bertz CT molecular complexity index is 394. The number of phenols is 1. The van der Waals surface area contributed by atoms with Crippen LogP contribution in [0.15, 0.2) is 55.6 Å². The molecule has 0 aliphatic carbocycles. The van der Waals surface area contributed by atoms with Gasteiger partial charge in [0.05, 0.1) is 0 Å². The topological polar surface area (TPSA) is 99.1 Å². The highest BCUT2D eigenvalue weighted by Gasteiger charge is 2.00. The van der Waals surface area contributed by atoms with E-state index in [4.69, 9.17) is 9.90 Å². The molecule has 0 amide bonds. The molecule has 0 spiro atoms. The molecule has 0 unspecified atom stereocenters. The molecule has 0 heterocycles. The third-order valence-electron chi connectivity index (χ3n) is 1.32. The predicted octanol–water partition coefficient (Wildman–Crippen LogP) is 1.50. The molecule has 0 saturated heterocycles. The lowest BCUT2D eigenvalue weighted by Gasteiger charge is -1.95. The standard InChI is InChI=1S/C6H6O5.C6H6O.CH2O/c1-3-5(7)9-11-10-6(8)4-2;7-6-4-2-1-3-5-6;1-2/h3-4H,1-2H2;1-5,7H;1H2. The van der Waals surface area contributed by atoms with Crippen molar-refractivity contribution < 1.29 is 34.3 Å². The fourth-order valence-corrected chi connectivity index (χ4v) is 0.580. The number of carbonyl (C=O) groups excluding carboxylic acids is 3. The summed E-state index contributed by atoms with van der Waals surface area (Å²) in [6.07, 6.45) is 1.70. The van der Waals surface area contributed by atoms with Gasteiger partial charge < -0.3 is 9.90 Å². The lowest BCUT2D eigenvalue weighted by atomic mass is 10.3. The maximum Gasteiger partial charge on any atom is 0.369 e. The quantitative estimate of drug-likeness (QED) is 0.507. The molecular weight excluding hydrogens is 268 g/mol. The lowest BCUT2D eigenvalue weighted by Crippen LogP contribution is -2.06. The molecule has 7 nitrogen and oxygen atoms in total. The van der Waals surface area contributed by atoms with Crippen LogP contribution in [0.1, 0.15) is 0 Å². The Morgan fingerprint density at radius 3 is 1.60 bits per heavy atom. The summed E-state index contributed by atoms with van der Waals surface area (Å²) >= 11 is 0. The van der Waals surface area contributed by atoms with E-state index in [2.05, 4.69) is 28.0 Å². The minimum Gasteiger partial charge on any atom is -0.508 e. The highest BCUT2D eigenvalue weighted by Crippen LogP contribution is 2.02. The van der Waals surface area contributed by atoms with Gasteiger partial charge in [0.2, 0.25) is 0 Å². The molecule has 1 aromatic carbocycles. The van der Waals surface area contributed by atoms with Gasteiger partial charge >= 0.3 is 11.9 Å². The molecule has 0 aromatic heterocycles. The summed E-state index contributed by atoms with van der Waals surface area (Å²) < 4.78 is 0. The van der Waals surface area contributed by atoms with Crippen molar-refractivity contribution >= 4 is 18.7 Å². The number of carbonyl (C=O) groups is 3. The maximum absolute atomic E-state index is 10.2. The molecule has 0 radical (unpaired) electrons. The van der Waals surface area contributed by atoms with Crippen LogP contribution in [-0.2, 0) is 29.2 Å². The second-order valence-electron chi connectivity index (χ2n) is 2.62. The van der Waals surface area contributed by atoms with Gasteiger partial charge in [0, 0.05) is 17.2 Å². The van der Waals surface area contributed by atoms with Crippen LogP contribution in [0.5, 0.6) is 5.75 Å². The second-order valence-corrected chi connectivity index (χ2v) is 2.62. The fraction of sp³-hybridized carbons (Fsp3) is 0. The summed E-state index contributed by atoms with van der Waals surface area (Å²) in [7, 11) is 0. The highest BCUT2D eigenvalue weighted by atomic mass is 17.5. The van der Waals surface area contributed by atoms with Crippen LogP contribution in [0.2, 0.25) is 0 Å². The van der Waals surface area contributed by atoms with Crippen LogP contribution < -0.4 is 0 Å². The number of aromatic hydroxyl groups is 1. The van der Waals surface area contributed by atoms with E-state index in [1.54, 1.807) is 24.3 Å². The van der Waals surface area contributed by atoms with Gasteiger partial charge in [-0.05, 0) is 12.1 Å². The molecule has 0 fully saturated rings. The van der Waals surface area contributed by atoms with Crippen LogP contribution in [0.3, 0.4) is 0 Å². The van der Waals surface area contributed by atoms with Gasteiger partial charge in [-0.3, -0.25) is 9.78 Å². The van der Waals surface area contributed by atoms with E-state index in [0.717, 1.165) is 12.2 Å². The second kappa shape index (κ2) is 14.1. The van der Waals surface area contributed by atoms with E-state index < -0.39 is 11.9 Å². The van der Waals surface area contributed by atoms with E-state index in [9.17, 15) is 9.59 Å². The van der Waals surface area contributed by atoms with Crippen molar-refractivity contribution in [1.82, 2.24) is 0 Å². The molecular formula is C13H14O7. The number of phenolic OH excluding ortho intramolecular Hbond substituents is 1. The number of hydrogen-bond acceptors (Lipinski definition) is 7. The Hall–Kier alpha value is -2.93. The molecule has 0 bridgehead atoms. The molecule has 20 heavy (non-hydrogen) atoms. The lowest BCUT2D eigenvalue weighted by molar-refractivity contribution is -0.455. The first-order chi connectivity index (χ1) is 9.60. The SMILES string of the molecule is C=CC(=O)OOOC(=O)C=C.C=O.Oc1ccccc1. The van der Waals surface area contributed by atoms with E-state index in [1.807, 2.05) is 12.9 Å². The van der Waals surface area contributed by atoms with Crippen molar-refractivity contribution in [2.75, 3.05) is 0 Å². The summed E-state index contributed by atoms with van der Waals surface area (Å²) in [5.41, 5.74) is 0. The van der Waals surface area contributed by atoms with E-state index in [-0.39, 0.29) is 0 Å². The first-order valence-corrected chi connectivity index (χ1v) is 4.97. The van der Waals surface area contributed by atoms with Crippen molar-refractivity contribution in [3.05, 3.63) is 55.6 Å². The number of hydrogen-bond donors (Lipinski definition) is 1. The molecule has 7 heteroatoms. The van der Waals surface area contributed by atoms with E-state index >= 15 is 0 Å². The molecule has 0 saturated carbocycles. The summed E-state index contributed by atoms with van der Waals surface area (Å²) in [6, 6.07) is 8.71. The van der Waals surface area contributed by atoms with Crippen LogP contribution in [0, 0.1) is 0 Å². The smallest absolute Gasteiger partial charge is 0.369 e. The van der Waals surface area contributed by atoms with Crippen molar-refractivity contribution in [1.29, 1.82) is 0 Å². The van der Waals surface area contributed by atoms with Crippen molar-refractivity contribution in [2.45, 2.75) is 0 Å². The zero-order valence-corrected chi connectivity index (χ0v) is 10.6. The van der Waals surface area contributed by atoms with Crippen LogP contribution >= 0.6 is 0 Å². The van der Waals surface area contributed by atoms with Gasteiger partial charge in [-0.25, -0.2) is 9.59 Å². The predicted molar refractivity (Wildman–Crippen MR) is 68.9 cm³/mol. The van der Waals surface area contributed by atoms with Gasteiger partial charge in [0.1, 0.15) is 12.5 Å². The van der Waals surface area contributed by atoms with Crippen LogP contribution in [0.4, 0.5) is 0 Å². The van der Waals surface area contributed by atoms with Crippen molar-refractivity contribution in [3.63, 3.8) is 0 Å². The maximum atomic E-state index is 10.2. The molecule has 1 rings (SSSR count). The normalized spacial score (nSPS) is 7.60. The van der Waals surface area contributed by atoms with Gasteiger partial charge in [0.15, 0.2) is 0 Å². The highest BCUT2D eigenvalue weighted by molar-refractivity contribution is 5.81. The Labute approximate surface area is 115 Å². The third-order valence-corrected chi connectivity index (χ3v) is 1.32. The van der Waals surface area contributed by atoms with Gasteiger partial charge in [-0.2, -0.15) is 0 Å². The first kappa shape index (κ1) is 19.4. The first-order valence-electron chi connectivity index (χ1n) is 4.97. The summed E-state index contributed by atoms with van der Waals surface area (Å²) in [5.74, 6) is -1.40. The largest absolute Gasteiger partial charge is 0.508 e. The molecule has 0 aliphatic rings. The minimum absolute atomic E-state index is 0.322. The zero-order valence-electron chi connectivity index (χ0n) is 10.6. The Morgan fingerprint density at radius 1 is 0.950 bits per heavy atom. The van der Waals surface area contributed by atoms with E-state index in [0.29, 0.717) is 5.75 Å². The van der Waals surface area contributed by atoms with Gasteiger partial charge in [0.25, 0.3) is 0 Å². The van der Waals surface area contributed by atoms with Crippen LogP contribution in [0.25, 0.3) is 0 Å². The molecule has 0 atom stereocenters. The van der Waals surface area contributed by atoms with Crippen LogP contribution in [-0.4, -0.2) is 23.8 Å². The van der Waals surface area contributed by atoms with Crippen molar-refractivity contribution in [3.8, 4) is 5.75 Å². The molecule has 1 aromatic rings. The van der Waals surface area contributed by atoms with Crippen molar-refractivity contribution in [2.24, 2.45) is 0 Å². The molecule has 108 valence electrons. The Morgan fingerprint density at radius 2 is 1.35 bits per heavy atom. The Balaban J connectivity index is 0. The summed E-state index contributed by atoms with van der Waals surface area (Å²) in [4.78, 5) is 36.0. The average molecular weight is 282 g/mol. The zero-order chi connectivity index (χ0) is 15.8. The fourth-order valence-electron chi connectivity index (χ4n) is 0.580. The van der Waals surface area contributed by atoms with Gasteiger partial charge in [-0.15, -0.1) is 0 Å². The van der Waals surface area contributed by atoms with Gasteiger partial charge in [-0.1, -0.05) is 31.4 Å². The summed E-state index contributed by atoms with van der Waals surface area (Å²) in [5, 5.41) is 12.3. The number of para-hydroxylation sites is 1. The molecule has 1 N–H and O–H groups in total. The third kappa shape index (κ3) is 13.1. The average Bonchev–Trinajstić information content (AvgIpc) is 2.50. The summed E-state index contributed by atoms with van der Waals surface area (Å²) in [6.45, 7) is 8.13. The minimum atomic E-state index is -0.859. The number of rotatable bonds is 4. The monoisotopic (exact) mass is 282 g/mol. The number of benzene rings is 1. The van der Waals surface area contributed by atoms with E-state index in [1.165, 1.54) is 0 Å². The Kier molecular flexibility index (Phi) is 13.7. The molecule has 0 aliphatic heterocycles.